The number of hydrogen-bond donors (Lipinski definition) is 0. The molecule has 1 heterocycles. The summed E-state index contributed by atoms with van der Waals surface area (Å²) in [6.45, 7) is 2.92. The lowest BCUT2D eigenvalue weighted by Crippen LogP contribution is -2.21. The molecule has 1 nitrogen and oxygen atoms in total. The maximum Gasteiger partial charge on any atom is 0.119 e. The van der Waals surface area contributed by atoms with Crippen LogP contribution in [0.2, 0.25) is 0 Å². The standard InChI is InChI=1S/C19H22OS2/c1-2-19(21-13-6-14-22-19)17-9-11-18(12-10-17)20-15-16-7-4-3-5-8-16/h3-5,7-12H,2,6,13-15H2,1H3. The fraction of sp³-hybridized carbons (Fsp3) is 0.368. The van der Waals surface area contributed by atoms with Crippen molar-refractivity contribution in [3.05, 3.63) is 65.7 Å². The van der Waals surface area contributed by atoms with Gasteiger partial charge in [-0.15, -0.1) is 23.5 Å². The molecule has 116 valence electrons. The van der Waals surface area contributed by atoms with Crippen LogP contribution in [0.15, 0.2) is 54.6 Å². The van der Waals surface area contributed by atoms with Gasteiger partial charge in [0.25, 0.3) is 0 Å². The zero-order valence-corrected chi connectivity index (χ0v) is 14.6. The van der Waals surface area contributed by atoms with Crippen molar-refractivity contribution in [1.29, 1.82) is 0 Å². The molecule has 0 atom stereocenters. The molecule has 0 N–H and O–H groups in total. The molecule has 3 rings (SSSR count). The third-order valence-electron chi connectivity index (χ3n) is 3.97. The summed E-state index contributed by atoms with van der Waals surface area (Å²) in [5.74, 6) is 3.49. The lowest BCUT2D eigenvalue weighted by atomic mass is 10.1. The average molecular weight is 331 g/mol. The molecule has 0 unspecified atom stereocenters. The second-order valence-corrected chi connectivity index (χ2v) is 8.50. The number of rotatable bonds is 5. The number of hydrogen-bond acceptors (Lipinski definition) is 3. The Morgan fingerprint density at radius 1 is 0.955 bits per heavy atom. The van der Waals surface area contributed by atoms with Gasteiger partial charge in [0.2, 0.25) is 0 Å². The quantitative estimate of drug-likeness (QED) is 0.696. The van der Waals surface area contributed by atoms with E-state index in [9.17, 15) is 0 Å². The summed E-state index contributed by atoms with van der Waals surface area (Å²) in [5, 5.41) is 0. The topological polar surface area (TPSA) is 9.23 Å². The minimum absolute atomic E-state index is 0.246. The van der Waals surface area contributed by atoms with Gasteiger partial charge in [0.05, 0.1) is 4.08 Å². The van der Waals surface area contributed by atoms with Crippen LogP contribution in [0.4, 0.5) is 0 Å². The van der Waals surface area contributed by atoms with E-state index in [2.05, 4.69) is 66.8 Å². The Morgan fingerprint density at radius 2 is 1.64 bits per heavy atom. The van der Waals surface area contributed by atoms with E-state index in [1.54, 1.807) is 0 Å². The van der Waals surface area contributed by atoms with Crippen molar-refractivity contribution in [2.75, 3.05) is 11.5 Å². The van der Waals surface area contributed by atoms with E-state index in [-0.39, 0.29) is 4.08 Å². The highest BCUT2D eigenvalue weighted by atomic mass is 32.2. The summed E-state index contributed by atoms with van der Waals surface area (Å²) in [5.41, 5.74) is 2.63. The molecule has 0 aromatic heterocycles. The predicted octanol–water partition coefficient (Wildman–Crippen LogP) is 5.70. The maximum absolute atomic E-state index is 5.89. The van der Waals surface area contributed by atoms with Gasteiger partial charge in [0.1, 0.15) is 12.4 Å². The fourth-order valence-electron chi connectivity index (χ4n) is 2.70. The normalized spacial score (nSPS) is 17.1. The van der Waals surface area contributed by atoms with Crippen molar-refractivity contribution in [3.63, 3.8) is 0 Å². The SMILES string of the molecule is CCC1(c2ccc(OCc3ccccc3)cc2)SCCCS1. The Hall–Kier alpha value is -1.06. The third kappa shape index (κ3) is 3.64. The zero-order valence-electron chi connectivity index (χ0n) is 13.0. The average Bonchev–Trinajstić information content (AvgIpc) is 2.62. The van der Waals surface area contributed by atoms with E-state index in [4.69, 9.17) is 4.74 Å². The van der Waals surface area contributed by atoms with Gasteiger partial charge in [-0.1, -0.05) is 49.4 Å². The molecule has 1 aliphatic heterocycles. The van der Waals surface area contributed by atoms with Crippen molar-refractivity contribution >= 4 is 23.5 Å². The molecule has 0 amide bonds. The highest BCUT2D eigenvalue weighted by molar-refractivity contribution is 8.18. The molecule has 1 fully saturated rings. The maximum atomic E-state index is 5.89. The van der Waals surface area contributed by atoms with E-state index in [0.717, 1.165) is 5.75 Å². The minimum Gasteiger partial charge on any atom is -0.489 e. The largest absolute Gasteiger partial charge is 0.489 e. The molecule has 0 aliphatic carbocycles. The molecule has 2 aromatic carbocycles. The molecule has 3 heteroatoms. The van der Waals surface area contributed by atoms with Gasteiger partial charge in [0, 0.05) is 0 Å². The predicted molar refractivity (Wildman–Crippen MR) is 98.7 cm³/mol. The second kappa shape index (κ2) is 7.47. The molecule has 0 spiro atoms. The van der Waals surface area contributed by atoms with Crippen molar-refractivity contribution in [1.82, 2.24) is 0 Å². The fourth-order valence-corrected chi connectivity index (χ4v) is 5.96. The Balaban J connectivity index is 1.67. The van der Waals surface area contributed by atoms with Gasteiger partial charge < -0.3 is 4.74 Å². The van der Waals surface area contributed by atoms with Crippen LogP contribution >= 0.6 is 23.5 Å². The molecule has 2 aromatic rings. The van der Waals surface area contributed by atoms with Crippen LogP contribution in [0.25, 0.3) is 0 Å². The molecular formula is C19H22OS2. The highest BCUT2D eigenvalue weighted by Gasteiger charge is 2.33. The second-order valence-electron chi connectivity index (χ2n) is 5.46. The molecule has 1 saturated heterocycles. The van der Waals surface area contributed by atoms with Crippen LogP contribution in [0.5, 0.6) is 5.75 Å². The van der Waals surface area contributed by atoms with Crippen LogP contribution in [-0.2, 0) is 10.7 Å². The first-order chi connectivity index (χ1) is 10.8. The number of benzene rings is 2. The summed E-state index contributed by atoms with van der Waals surface area (Å²) in [7, 11) is 0. The van der Waals surface area contributed by atoms with E-state index < -0.39 is 0 Å². The summed E-state index contributed by atoms with van der Waals surface area (Å²) >= 11 is 4.20. The lowest BCUT2D eigenvalue weighted by Gasteiger charge is -2.35. The molecule has 0 radical (unpaired) electrons. The molecular weight excluding hydrogens is 308 g/mol. The first kappa shape index (κ1) is 15.8. The summed E-state index contributed by atoms with van der Waals surface area (Å²) in [4.78, 5) is 0. The van der Waals surface area contributed by atoms with Crippen molar-refractivity contribution < 1.29 is 4.74 Å². The van der Waals surface area contributed by atoms with Crippen LogP contribution < -0.4 is 4.74 Å². The van der Waals surface area contributed by atoms with Gasteiger partial charge in [-0.2, -0.15) is 0 Å². The van der Waals surface area contributed by atoms with Crippen molar-refractivity contribution in [2.24, 2.45) is 0 Å². The molecule has 1 aliphatic rings. The Kier molecular flexibility index (Phi) is 5.37. The zero-order chi connectivity index (χ0) is 15.3. The Labute approximate surface area is 141 Å². The Bertz CT molecular complexity index is 574. The van der Waals surface area contributed by atoms with Gasteiger partial charge in [-0.05, 0) is 47.6 Å². The van der Waals surface area contributed by atoms with Gasteiger partial charge in [-0.3, -0.25) is 0 Å². The highest BCUT2D eigenvalue weighted by Crippen LogP contribution is 2.52. The van der Waals surface area contributed by atoms with Crippen molar-refractivity contribution in [2.45, 2.75) is 30.5 Å². The van der Waals surface area contributed by atoms with Gasteiger partial charge >= 0.3 is 0 Å². The molecule has 0 bridgehead atoms. The summed E-state index contributed by atoms with van der Waals surface area (Å²) < 4.78 is 6.13. The van der Waals surface area contributed by atoms with Gasteiger partial charge in [0.15, 0.2) is 0 Å². The van der Waals surface area contributed by atoms with Crippen LogP contribution in [0.3, 0.4) is 0 Å². The first-order valence-electron chi connectivity index (χ1n) is 7.87. The van der Waals surface area contributed by atoms with Gasteiger partial charge in [-0.25, -0.2) is 0 Å². The van der Waals surface area contributed by atoms with Crippen LogP contribution in [0, 0.1) is 0 Å². The van der Waals surface area contributed by atoms with Crippen molar-refractivity contribution in [3.8, 4) is 5.75 Å². The van der Waals surface area contributed by atoms with Crippen LogP contribution in [-0.4, -0.2) is 11.5 Å². The van der Waals surface area contributed by atoms with E-state index in [0.29, 0.717) is 6.61 Å². The van der Waals surface area contributed by atoms with E-state index in [1.807, 2.05) is 18.2 Å². The lowest BCUT2D eigenvalue weighted by molar-refractivity contribution is 0.306. The Morgan fingerprint density at radius 3 is 2.27 bits per heavy atom. The summed E-state index contributed by atoms with van der Waals surface area (Å²) in [6.07, 6.45) is 2.50. The number of thioether (sulfide) groups is 2. The third-order valence-corrected chi connectivity index (χ3v) is 7.64. The van der Waals surface area contributed by atoms with Crippen LogP contribution in [0.1, 0.15) is 30.9 Å². The first-order valence-corrected chi connectivity index (χ1v) is 9.85. The summed E-state index contributed by atoms with van der Waals surface area (Å²) in [6, 6.07) is 19.0. The smallest absolute Gasteiger partial charge is 0.119 e. The molecule has 22 heavy (non-hydrogen) atoms. The monoisotopic (exact) mass is 330 g/mol. The van der Waals surface area contributed by atoms with E-state index >= 15 is 0 Å². The molecule has 0 saturated carbocycles. The van der Waals surface area contributed by atoms with E-state index in [1.165, 1.54) is 35.5 Å². The minimum atomic E-state index is 0.246. The number of ether oxygens (including phenoxy) is 1.